The molecule has 1 aliphatic rings. The predicted molar refractivity (Wildman–Crippen MR) is 137 cm³/mol. The molecule has 2 atom stereocenters. The summed E-state index contributed by atoms with van der Waals surface area (Å²) in [5, 5.41) is 3.79. The average Bonchev–Trinajstić information content (AvgIpc) is 3.09. The second-order valence-corrected chi connectivity index (χ2v) is 12.3. The average molecular weight is 500 g/mol. The normalized spacial score (nSPS) is 20.3. The Morgan fingerprint density at radius 3 is 2.56 bits per heavy atom. The van der Waals surface area contributed by atoms with Crippen molar-refractivity contribution in [3.05, 3.63) is 64.4 Å². The minimum atomic E-state index is -3.13. The van der Waals surface area contributed by atoms with Crippen LogP contribution in [0.25, 0.3) is 16.6 Å². The number of aromatic nitrogens is 2. The fourth-order valence-corrected chi connectivity index (χ4v) is 7.14. The summed E-state index contributed by atoms with van der Waals surface area (Å²) in [4.78, 5) is 30.8. The van der Waals surface area contributed by atoms with E-state index in [0.29, 0.717) is 34.1 Å². The van der Waals surface area contributed by atoms with Crippen molar-refractivity contribution in [3.8, 4) is 5.69 Å². The topological polar surface area (TPSA) is 98.1 Å². The van der Waals surface area contributed by atoms with Crippen LogP contribution in [0, 0.1) is 0 Å². The number of hydrogen-bond donors (Lipinski definition) is 1. The van der Waals surface area contributed by atoms with Gasteiger partial charge in [0.15, 0.2) is 15.0 Å². The van der Waals surface area contributed by atoms with Crippen molar-refractivity contribution in [2.75, 3.05) is 17.3 Å². The summed E-state index contributed by atoms with van der Waals surface area (Å²) in [7, 11) is -3.13. The highest BCUT2D eigenvalue weighted by Crippen LogP contribution is 2.26. The van der Waals surface area contributed by atoms with E-state index in [2.05, 4.69) is 24.1 Å². The molecule has 1 aromatic heterocycles. The van der Waals surface area contributed by atoms with Crippen LogP contribution in [-0.2, 0) is 14.6 Å². The number of carbonyl (C=O) groups excluding carboxylic acids is 1. The van der Waals surface area contributed by atoms with Crippen LogP contribution in [0.5, 0.6) is 0 Å². The number of carbonyl (C=O) groups is 1. The summed E-state index contributed by atoms with van der Waals surface area (Å²) in [5.41, 5.74) is 1.49. The minimum absolute atomic E-state index is 0.0192. The number of amides is 1. The number of nitrogens with zero attached hydrogens (tertiary/aromatic N) is 2. The number of fused-ring (bicyclic) bond motifs is 1. The maximum Gasteiger partial charge on any atom is 0.266 e. The van der Waals surface area contributed by atoms with Gasteiger partial charge in [-0.2, -0.15) is 0 Å². The molecule has 0 spiro atoms. The molecule has 1 N–H and O–H groups in total. The molecule has 180 valence electrons. The summed E-state index contributed by atoms with van der Waals surface area (Å²) in [5.74, 6) is 0.169. The lowest BCUT2D eigenvalue weighted by Gasteiger charge is -2.23. The first-order valence-electron chi connectivity index (χ1n) is 11.4. The van der Waals surface area contributed by atoms with Gasteiger partial charge in [0.05, 0.1) is 39.4 Å². The molecule has 7 nitrogen and oxygen atoms in total. The van der Waals surface area contributed by atoms with Crippen molar-refractivity contribution in [1.29, 1.82) is 0 Å². The molecule has 1 amide bonds. The molecule has 2 heterocycles. The number of rotatable bonds is 7. The van der Waals surface area contributed by atoms with Crippen LogP contribution in [0.3, 0.4) is 0 Å². The van der Waals surface area contributed by atoms with Gasteiger partial charge in [-0.25, -0.2) is 13.4 Å². The Morgan fingerprint density at radius 1 is 1.21 bits per heavy atom. The van der Waals surface area contributed by atoms with Crippen molar-refractivity contribution in [3.63, 3.8) is 0 Å². The number of hydrogen-bond acceptors (Lipinski definition) is 6. The number of benzene rings is 2. The Balaban J connectivity index is 1.64. The number of thioether (sulfide) groups is 1. The van der Waals surface area contributed by atoms with Crippen molar-refractivity contribution >= 4 is 38.4 Å². The summed E-state index contributed by atoms with van der Waals surface area (Å²) < 4.78 is 25.2. The fraction of sp³-hybridized carbons (Fsp3) is 0.400. The molecule has 2 unspecified atom stereocenters. The van der Waals surface area contributed by atoms with Crippen LogP contribution in [0.15, 0.2) is 58.5 Å². The highest BCUT2D eigenvalue weighted by molar-refractivity contribution is 7.99. The standard InChI is InChI=1S/C25H29N3O4S2/c1-4-17(2)18-9-11-19(12-10-18)28-23(30)20-7-5-6-8-21(20)26-24(28)33-15-22(29)27-25(3)13-14-34(31,32)16-25/h5-12,17H,4,13-16H2,1-3H3,(H,27,29). The Hall–Kier alpha value is -2.65. The zero-order valence-corrected chi connectivity index (χ0v) is 21.2. The van der Waals surface area contributed by atoms with E-state index in [-0.39, 0.29) is 28.7 Å². The van der Waals surface area contributed by atoms with Gasteiger partial charge in [0.1, 0.15) is 0 Å². The summed E-state index contributed by atoms with van der Waals surface area (Å²) in [6, 6.07) is 15.0. The third-order valence-electron chi connectivity index (χ3n) is 6.35. The van der Waals surface area contributed by atoms with Gasteiger partial charge in [0.2, 0.25) is 5.91 Å². The second-order valence-electron chi connectivity index (χ2n) is 9.19. The van der Waals surface area contributed by atoms with Gasteiger partial charge in [-0.3, -0.25) is 14.2 Å². The SMILES string of the molecule is CCC(C)c1ccc(-n2c(SCC(=O)NC3(C)CCS(=O)(=O)C3)nc3ccccc3c2=O)cc1. The van der Waals surface area contributed by atoms with Crippen molar-refractivity contribution in [2.45, 2.75) is 50.2 Å². The molecular formula is C25H29N3O4S2. The first-order valence-corrected chi connectivity index (χ1v) is 14.2. The Labute approximate surface area is 203 Å². The molecule has 2 aromatic carbocycles. The molecule has 9 heteroatoms. The Kier molecular flexibility index (Phi) is 6.87. The Morgan fingerprint density at radius 2 is 1.91 bits per heavy atom. The molecule has 0 saturated carbocycles. The summed E-state index contributed by atoms with van der Waals surface area (Å²) in [6.45, 7) is 6.05. The van der Waals surface area contributed by atoms with Crippen LogP contribution in [-0.4, -0.2) is 46.7 Å². The lowest BCUT2D eigenvalue weighted by molar-refractivity contribution is -0.120. The van der Waals surface area contributed by atoms with Gasteiger partial charge in [-0.05, 0) is 55.5 Å². The van der Waals surface area contributed by atoms with E-state index >= 15 is 0 Å². The highest BCUT2D eigenvalue weighted by atomic mass is 32.2. The summed E-state index contributed by atoms with van der Waals surface area (Å²) >= 11 is 1.17. The van der Waals surface area contributed by atoms with Crippen molar-refractivity contribution in [2.24, 2.45) is 0 Å². The van der Waals surface area contributed by atoms with Crippen LogP contribution >= 0.6 is 11.8 Å². The molecule has 1 fully saturated rings. The zero-order chi connectivity index (χ0) is 24.5. The van der Waals surface area contributed by atoms with Crippen LogP contribution in [0.1, 0.15) is 45.1 Å². The van der Waals surface area contributed by atoms with Crippen LogP contribution in [0.4, 0.5) is 0 Å². The molecule has 0 radical (unpaired) electrons. The maximum atomic E-state index is 13.4. The quantitative estimate of drug-likeness (QED) is 0.393. The monoisotopic (exact) mass is 499 g/mol. The molecule has 34 heavy (non-hydrogen) atoms. The third kappa shape index (κ3) is 5.20. The van der Waals surface area contributed by atoms with E-state index < -0.39 is 15.4 Å². The van der Waals surface area contributed by atoms with E-state index in [1.165, 1.54) is 17.3 Å². The largest absolute Gasteiger partial charge is 0.349 e. The lowest BCUT2D eigenvalue weighted by Crippen LogP contribution is -2.47. The van der Waals surface area contributed by atoms with Crippen LogP contribution < -0.4 is 10.9 Å². The highest BCUT2D eigenvalue weighted by Gasteiger charge is 2.39. The molecule has 3 aromatic rings. The smallest absolute Gasteiger partial charge is 0.266 e. The van der Waals surface area contributed by atoms with E-state index in [0.717, 1.165) is 6.42 Å². The van der Waals surface area contributed by atoms with Gasteiger partial charge >= 0.3 is 0 Å². The van der Waals surface area contributed by atoms with E-state index in [9.17, 15) is 18.0 Å². The fourth-order valence-electron chi connectivity index (χ4n) is 4.24. The van der Waals surface area contributed by atoms with E-state index in [1.54, 1.807) is 29.7 Å². The van der Waals surface area contributed by atoms with Crippen molar-refractivity contribution in [1.82, 2.24) is 14.9 Å². The van der Waals surface area contributed by atoms with Gasteiger partial charge in [0.25, 0.3) is 5.56 Å². The molecule has 0 aliphatic carbocycles. The van der Waals surface area contributed by atoms with E-state index in [4.69, 9.17) is 0 Å². The first kappa shape index (κ1) is 24.5. The van der Waals surface area contributed by atoms with Gasteiger partial charge in [0, 0.05) is 0 Å². The third-order valence-corrected chi connectivity index (χ3v) is 9.20. The number of nitrogens with one attached hydrogen (secondary N) is 1. The van der Waals surface area contributed by atoms with Crippen LogP contribution in [0.2, 0.25) is 0 Å². The summed E-state index contributed by atoms with van der Waals surface area (Å²) in [6.07, 6.45) is 1.42. The molecular weight excluding hydrogens is 470 g/mol. The van der Waals surface area contributed by atoms with Crippen molar-refractivity contribution < 1.29 is 13.2 Å². The minimum Gasteiger partial charge on any atom is -0.349 e. The number of sulfone groups is 1. The first-order chi connectivity index (χ1) is 16.1. The Bertz CT molecular complexity index is 1380. The molecule has 1 saturated heterocycles. The molecule has 1 aliphatic heterocycles. The second kappa shape index (κ2) is 9.54. The maximum absolute atomic E-state index is 13.4. The van der Waals surface area contributed by atoms with Gasteiger partial charge in [-0.1, -0.05) is 49.9 Å². The predicted octanol–water partition coefficient (Wildman–Crippen LogP) is 3.68. The van der Waals surface area contributed by atoms with Gasteiger partial charge in [-0.15, -0.1) is 0 Å². The molecule has 0 bridgehead atoms. The molecule has 4 rings (SSSR count). The van der Waals surface area contributed by atoms with Gasteiger partial charge < -0.3 is 5.32 Å². The number of para-hydroxylation sites is 1. The zero-order valence-electron chi connectivity index (χ0n) is 19.6. The lowest BCUT2D eigenvalue weighted by atomic mass is 9.98. The van der Waals surface area contributed by atoms with E-state index in [1.807, 2.05) is 30.3 Å².